The van der Waals surface area contributed by atoms with Gasteiger partial charge in [-0.25, -0.2) is 4.98 Å². The van der Waals surface area contributed by atoms with Gasteiger partial charge in [0.25, 0.3) is 5.56 Å². The first kappa shape index (κ1) is 10.5. The molecule has 3 N–H and O–H groups in total. The average Bonchev–Trinajstić information content (AvgIpc) is 2.74. The minimum absolute atomic E-state index is 0.174. The van der Waals surface area contributed by atoms with Crippen molar-refractivity contribution in [2.24, 2.45) is 0 Å². The molecule has 2 heterocycles. The van der Waals surface area contributed by atoms with Gasteiger partial charge in [-0.2, -0.15) is 5.10 Å². The first-order valence-electron chi connectivity index (χ1n) is 5.49. The number of aryl methyl sites for hydroxylation is 1. The standard InChI is InChI=1S/C12H11N5O/c1-7-4-11(18)16-12(14-7)15-9-3-2-8-6-13-17-10(8)5-9/h2-6H,1H3,(H,13,17)(H2,14,15,16,18). The lowest BCUT2D eigenvalue weighted by atomic mass is 10.2. The minimum Gasteiger partial charge on any atom is -0.326 e. The Bertz CT molecular complexity index is 758. The van der Waals surface area contributed by atoms with Crippen LogP contribution in [0.15, 0.2) is 35.3 Å². The Morgan fingerprint density at radius 3 is 3.00 bits per heavy atom. The largest absolute Gasteiger partial charge is 0.326 e. The van der Waals surface area contributed by atoms with E-state index >= 15 is 0 Å². The highest BCUT2D eigenvalue weighted by molar-refractivity contribution is 5.82. The van der Waals surface area contributed by atoms with Crippen LogP contribution in [-0.2, 0) is 0 Å². The van der Waals surface area contributed by atoms with Crippen LogP contribution in [-0.4, -0.2) is 20.2 Å². The van der Waals surface area contributed by atoms with Gasteiger partial charge in [-0.15, -0.1) is 0 Å². The molecule has 0 aliphatic rings. The Balaban J connectivity index is 1.97. The summed E-state index contributed by atoms with van der Waals surface area (Å²) in [5.41, 5.74) is 2.26. The number of fused-ring (bicyclic) bond motifs is 1. The van der Waals surface area contributed by atoms with Crippen molar-refractivity contribution in [1.29, 1.82) is 0 Å². The maximum absolute atomic E-state index is 11.3. The third-order valence-electron chi connectivity index (χ3n) is 2.57. The topological polar surface area (TPSA) is 86.5 Å². The molecular weight excluding hydrogens is 230 g/mol. The maximum Gasteiger partial charge on any atom is 0.252 e. The van der Waals surface area contributed by atoms with E-state index in [1.165, 1.54) is 6.07 Å². The summed E-state index contributed by atoms with van der Waals surface area (Å²) in [5, 5.41) is 10.9. The molecule has 0 aliphatic heterocycles. The first-order chi connectivity index (χ1) is 8.70. The summed E-state index contributed by atoms with van der Waals surface area (Å²) in [6.45, 7) is 1.78. The third kappa shape index (κ3) is 1.95. The van der Waals surface area contributed by atoms with Crippen LogP contribution in [0.25, 0.3) is 10.9 Å². The van der Waals surface area contributed by atoms with Gasteiger partial charge in [0.2, 0.25) is 5.95 Å². The second kappa shape index (κ2) is 3.99. The molecule has 2 aromatic heterocycles. The number of aromatic amines is 2. The van der Waals surface area contributed by atoms with Crippen LogP contribution in [0.4, 0.5) is 11.6 Å². The number of benzene rings is 1. The number of rotatable bonds is 2. The molecule has 90 valence electrons. The van der Waals surface area contributed by atoms with Gasteiger partial charge in [-0.1, -0.05) is 0 Å². The molecule has 3 aromatic rings. The van der Waals surface area contributed by atoms with Crippen molar-refractivity contribution in [3.8, 4) is 0 Å². The predicted octanol–water partition coefficient (Wildman–Crippen LogP) is 1.70. The molecule has 0 amide bonds. The lowest BCUT2D eigenvalue weighted by Crippen LogP contribution is -2.10. The van der Waals surface area contributed by atoms with Crippen LogP contribution >= 0.6 is 0 Å². The second-order valence-corrected chi connectivity index (χ2v) is 4.03. The quantitative estimate of drug-likeness (QED) is 0.637. The van der Waals surface area contributed by atoms with Crippen molar-refractivity contribution in [1.82, 2.24) is 20.2 Å². The molecular formula is C12H11N5O. The van der Waals surface area contributed by atoms with Crippen molar-refractivity contribution < 1.29 is 0 Å². The summed E-state index contributed by atoms with van der Waals surface area (Å²) < 4.78 is 0. The number of hydrogen-bond donors (Lipinski definition) is 3. The van der Waals surface area contributed by atoms with Crippen molar-refractivity contribution >= 4 is 22.5 Å². The molecule has 0 aliphatic carbocycles. The van der Waals surface area contributed by atoms with E-state index in [1.54, 1.807) is 13.1 Å². The van der Waals surface area contributed by atoms with Crippen molar-refractivity contribution in [2.75, 3.05) is 5.32 Å². The lowest BCUT2D eigenvalue weighted by Gasteiger charge is -2.05. The van der Waals surface area contributed by atoms with Gasteiger partial charge >= 0.3 is 0 Å². The SMILES string of the molecule is Cc1cc(=O)[nH]c(Nc2ccc3cn[nH]c3c2)n1. The Kier molecular flexibility index (Phi) is 2.33. The Hall–Kier alpha value is -2.63. The smallest absolute Gasteiger partial charge is 0.252 e. The zero-order valence-corrected chi connectivity index (χ0v) is 9.69. The Morgan fingerprint density at radius 1 is 1.28 bits per heavy atom. The molecule has 6 heteroatoms. The number of nitrogens with one attached hydrogen (secondary N) is 3. The molecule has 6 nitrogen and oxygen atoms in total. The summed E-state index contributed by atoms with van der Waals surface area (Å²) in [5.74, 6) is 0.430. The monoisotopic (exact) mass is 241 g/mol. The van der Waals surface area contributed by atoms with Gasteiger partial charge in [0.1, 0.15) is 0 Å². The van der Waals surface area contributed by atoms with E-state index in [9.17, 15) is 4.79 Å². The molecule has 3 rings (SSSR count). The van der Waals surface area contributed by atoms with Gasteiger partial charge < -0.3 is 5.32 Å². The summed E-state index contributed by atoms with van der Waals surface area (Å²) in [6.07, 6.45) is 1.76. The molecule has 0 saturated heterocycles. The third-order valence-corrected chi connectivity index (χ3v) is 2.57. The number of H-pyrrole nitrogens is 2. The van der Waals surface area contributed by atoms with Crippen LogP contribution < -0.4 is 10.9 Å². The fraction of sp³-hybridized carbons (Fsp3) is 0.0833. The van der Waals surface area contributed by atoms with E-state index in [1.807, 2.05) is 18.2 Å². The number of nitrogens with zero attached hydrogens (tertiary/aromatic N) is 2. The van der Waals surface area contributed by atoms with E-state index in [4.69, 9.17) is 0 Å². The summed E-state index contributed by atoms with van der Waals surface area (Å²) in [7, 11) is 0. The molecule has 0 spiro atoms. The summed E-state index contributed by atoms with van der Waals surface area (Å²) >= 11 is 0. The van der Waals surface area contributed by atoms with Gasteiger partial charge in [-0.3, -0.25) is 14.9 Å². The zero-order valence-electron chi connectivity index (χ0n) is 9.69. The van der Waals surface area contributed by atoms with E-state index in [2.05, 4.69) is 25.5 Å². The average molecular weight is 241 g/mol. The fourth-order valence-corrected chi connectivity index (χ4v) is 1.79. The van der Waals surface area contributed by atoms with E-state index in [0.717, 1.165) is 16.6 Å². The van der Waals surface area contributed by atoms with Gasteiger partial charge in [-0.05, 0) is 25.1 Å². The Morgan fingerprint density at radius 2 is 2.17 bits per heavy atom. The van der Waals surface area contributed by atoms with Crippen LogP contribution in [0.3, 0.4) is 0 Å². The number of anilines is 2. The van der Waals surface area contributed by atoms with Gasteiger partial charge in [0, 0.05) is 22.8 Å². The normalized spacial score (nSPS) is 10.7. The Labute approximate surface area is 102 Å². The second-order valence-electron chi connectivity index (χ2n) is 4.03. The van der Waals surface area contributed by atoms with Crippen molar-refractivity contribution in [3.05, 3.63) is 46.5 Å². The highest BCUT2D eigenvalue weighted by atomic mass is 16.1. The number of hydrogen-bond acceptors (Lipinski definition) is 4. The maximum atomic E-state index is 11.3. The molecule has 18 heavy (non-hydrogen) atoms. The van der Waals surface area contributed by atoms with E-state index in [-0.39, 0.29) is 5.56 Å². The highest BCUT2D eigenvalue weighted by Gasteiger charge is 2.01. The molecule has 0 atom stereocenters. The minimum atomic E-state index is -0.174. The number of aromatic nitrogens is 4. The lowest BCUT2D eigenvalue weighted by molar-refractivity contribution is 1.07. The van der Waals surface area contributed by atoms with Crippen LogP contribution in [0.2, 0.25) is 0 Å². The first-order valence-corrected chi connectivity index (χ1v) is 5.49. The van der Waals surface area contributed by atoms with Crippen LogP contribution in [0.1, 0.15) is 5.69 Å². The van der Waals surface area contributed by atoms with Gasteiger partial charge in [0.05, 0.1) is 11.7 Å². The molecule has 0 bridgehead atoms. The van der Waals surface area contributed by atoms with Crippen LogP contribution in [0, 0.1) is 6.92 Å². The zero-order chi connectivity index (χ0) is 12.5. The van der Waals surface area contributed by atoms with E-state index in [0.29, 0.717) is 11.6 Å². The highest BCUT2D eigenvalue weighted by Crippen LogP contribution is 2.18. The molecule has 0 fully saturated rings. The van der Waals surface area contributed by atoms with Crippen LogP contribution in [0.5, 0.6) is 0 Å². The molecule has 0 radical (unpaired) electrons. The molecule has 0 unspecified atom stereocenters. The summed E-state index contributed by atoms with van der Waals surface area (Å²) in [6, 6.07) is 7.20. The van der Waals surface area contributed by atoms with E-state index < -0.39 is 0 Å². The fourth-order valence-electron chi connectivity index (χ4n) is 1.79. The summed E-state index contributed by atoms with van der Waals surface area (Å²) in [4.78, 5) is 18.2. The van der Waals surface area contributed by atoms with Crippen molar-refractivity contribution in [3.63, 3.8) is 0 Å². The molecule has 0 saturated carbocycles. The molecule has 1 aromatic carbocycles. The predicted molar refractivity (Wildman–Crippen MR) is 69.0 cm³/mol. The van der Waals surface area contributed by atoms with Crippen molar-refractivity contribution in [2.45, 2.75) is 6.92 Å². The van der Waals surface area contributed by atoms with Gasteiger partial charge in [0.15, 0.2) is 0 Å².